The smallest absolute Gasteiger partial charge is 0.410 e. The fourth-order valence-corrected chi connectivity index (χ4v) is 3.04. The van der Waals surface area contributed by atoms with Gasteiger partial charge in [-0.2, -0.15) is 5.26 Å². The zero-order chi connectivity index (χ0) is 16.8. The van der Waals surface area contributed by atoms with Gasteiger partial charge in [0, 0.05) is 13.1 Å². The fourth-order valence-electron chi connectivity index (χ4n) is 3.04. The molecule has 3 rings (SSSR count). The lowest BCUT2D eigenvalue weighted by Gasteiger charge is -2.31. The van der Waals surface area contributed by atoms with Crippen LogP contribution in [0.15, 0.2) is 54.6 Å². The third kappa shape index (κ3) is 3.94. The number of benzene rings is 2. The van der Waals surface area contributed by atoms with Crippen LogP contribution >= 0.6 is 0 Å². The Balaban J connectivity index is 1.49. The summed E-state index contributed by atoms with van der Waals surface area (Å²) in [5, 5.41) is 8.86. The van der Waals surface area contributed by atoms with E-state index in [2.05, 4.69) is 6.07 Å². The van der Waals surface area contributed by atoms with Gasteiger partial charge >= 0.3 is 6.09 Å². The molecule has 0 saturated carbocycles. The van der Waals surface area contributed by atoms with Crippen LogP contribution in [0.1, 0.15) is 35.4 Å². The summed E-state index contributed by atoms with van der Waals surface area (Å²) in [4.78, 5) is 13.9. The maximum atomic E-state index is 12.2. The van der Waals surface area contributed by atoms with E-state index in [1.807, 2.05) is 54.6 Å². The second kappa shape index (κ2) is 7.65. The second-order valence-corrected chi connectivity index (χ2v) is 6.04. The predicted octanol–water partition coefficient (Wildman–Crippen LogP) is 4.07. The number of amides is 1. The monoisotopic (exact) mass is 320 g/mol. The van der Waals surface area contributed by atoms with Crippen LogP contribution in [0.3, 0.4) is 0 Å². The summed E-state index contributed by atoms with van der Waals surface area (Å²) >= 11 is 0. The zero-order valence-electron chi connectivity index (χ0n) is 13.5. The van der Waals surface area contributed by atoms with E-state index in [1.54, 1.807) is 4.90 Å². The first-order valence-electron chi connectivity index (χ1n) is 8.22. The molecule has 1 aliphatic heterocycles. The molecule has 0 N–H and O–H groups in total. The Morgan fingerprint density at radius 3 is 2.38 bits per heavy atom. The Hall–Kier alpha value is -2.80. The molecule has 0 spiro atoms. The van der Waals surface area contributed by atoms with Crippen LogP contribution in [0.25, 0.3) is 0 Å². The van der Waals surface area contributed by atoms with Gasteiger partial charge in [-0.3, -0.25) is 0 Å². The van der Waals surface area contributed by atoms with Gasteiger partial charge in [0.2, 0.25) is 0 Å². The van der Waals surface area contributed by atoms with Gasteiger partial charge in [-0.1, -0.05) is 42.5 Å². The van der Waals surface area contributed by atoms with Crippen LogP contribution in [-0.2, 0) is 11.3 Å². The van der Waals surface area contributed by atoms with Crippen molar-refractivity contribution in [3.63, 3.8) is 0 Å². The Morgan fingerprint density at radius 1 is 1.08 bits per heavy atom. The minimum Gasteiger partial charge on any atom is -0.445 e. The summed E-state index contributed by atoms with van der Waals surface area (Å²) in [6.45, 7) is 1.73. The predicted molar refractivity (Wildman–Crippen MR) is 91.3 cm³/mol. The molecule has 0 radical (unpaired) electrons. The van der Waals surface area contributed by atoms with Gasteiger partial charge in [0.15, 0.2) is 0 Å². The number of hydrogen-bond acceptors (Lipinski definition) is 3. The molecule has 0 aromatic heterocycles. The second-order valence-electron chi connectivity index (χ2n) is 6.04. The highest BCUT2D eigenvalue weighted by Gasteiger charge is 2.24. The van der Waals surface area contributed by atoms with Crippen molar-refractivity contribution in [2.45, 2.75) is 25.4 Å². The van der Waals surface area contributed by atoms with Crippen LogP contribution in [0, 0.1) is 11.3 Å². The Bertz CT molecular complexity index is 712. The van der Waals surface area contributed by atoms with Gasteiger partial charge in [-0.25, -0.2) is 4.79 Å². The third-order valence-electron chi connectivity index (χ3n) is 4.47. The Labute approximate surface area is 142 Å². The average Bonchev–Trinajstić information content (AvgIpc) is 2.67. The number of rotatable bonds is 3. The summed E-state index contributed by atoms with van der Waals surface area (Å²) < 4.78 is 5.39. The van der Waals surface area contributed by atoms with E-state index >= 15 is 0 Å². The van der Waals surface area contributed by atoms with Crippen LogP contribution < -0.4 is 0 Å². The SMILES string of the molecule is N#Cc1ccc(C2CCN(C(=O)OCc3ccccc3)CC2)cc1. The molecule has 0 unspecified atom stereocenters. The van der Waals surface area contributed by atoms with E-state index in [4.69, 9.17) is 10.00 Å². The molecule has 0 bridgehead atoms. The maximum Gasteiger partial charge on any atom is 0.410 e. The summed E-state index contributed by atoms with van der Waals surface area (Å²) in [6, 6.07) is 19.6. The summed E-state index contributed by atoms with van der Waals surface area (Å²) in [7, 11) is 0. The first kappa shape index (κ1) is 16.1. The molecule has 2 aromatic carbocycles. The molecule has 1 amide bonds. The number of nitriles is 1. The van der Waals surface area contributed by atoms with Crippen molar-refractivity contribution in [2.24, 2.45) is 0 Å². The number of hydrogen-bond donors (Lipinski definition) is 0. The van der Waals surface area contributed by atoms with Crippen molar-refractivity contribution in [1.29, 1.82) is 5.26 Å². The lowest BCUT2D eigenvalue weighted by molar-refractivity contribution is 0.0870. The topological polar surface area (TPSA) is 53.3 Å². The highest BCUT2D eigenvalue weighted by atomic mass is 16.6. The lowest BCUT2D eigenvalue weighted by atomic mass is 9.89. The van der Waals surface area contributed by atoms with Crippen molar-refractivity contribution in [3.05, 3.63) is 71.3 Å². The standard InChI is InChI=1S/C20H20N2O2/c21-14-16-6-8-18(9-7-16)19-10-12-22(13-11-19)20(23)24-15-17-4-2-1-3-5-17/h1-9,19H,10-13,15H2. The van der Waals surface area contributed by atoms with Crippen LogP contribution in [0.2, 0.25) is 0 Å². The number of likely N-dealkylation sites (tertiary alicyclic amines) is 1. The highest BCUT2D eigenvalue weighted by molar-refractivity contribution is 5.67. The van der Waals surface area contributed by atoms with E-state index in [-0.39, 0.29) is 6.09 Å². The van der Waals surface area contributed by atoms with E-state index in [0.717, 1.165) is 18.4 Å². The largest absolute Gasteiger partial charge is 0.445 e. The lowest BCUT2D eigenvalue weighted by Crippen LogP contribution is -2.38. The Kier molecular flexibility index (Phi) is 5.12. The molecule has 0 aliphatic carbocycles. The van der Waals surface area contributed by atoms with E-state index in [9.17, 15) is 4.79 Å². The van der Waals surface area contributed by atoms with E-state index < -0.39 is 0 Å². The van der Waals surface area contributed by atoms with Crippen molar-refractivity contribution < 1.29 is 9.53 Å². The minimum absolute atomic E-state index is 0.239. The molecule has 0 atom stereocenters. The van der Waals surface area contributed by atoms with Crippen molar-refractivity contribution >= 4 is 6.09 Å². The first-order chi connectivity index (χ1) is 11.8. The van der Waals surface area contributed by atoms with Gasteiger partial charge in [-0.15, -0.1) is 0 Å². The summed E-state index contributed by atoms with van der Waals surface area (Å²) in [5.74, 6) is 0.441. The number of nitrogens with zero attached hydrogens (tertiary/aromatic N) is 2. The van der Waals surface area contributed by atoms with Crippen LogP contribution in [-0.4, -0.2) is 24.1 Å². The molecular formula is C20H20N2O2. The van der Waals surface area contributed by atoms with Crippen molar-refractivity contribution in [1.82, 2.24) is 4.90 Å². The quantitative estimate of drug-likeness (QED) is 0.856. The molecule has 4 heteroatoms. The number of carbonyl (C=O) groups excluding carboxylic acids is 1. The van der Waals surface area contributed by atoms with Crippen LogP contribution in [0.4, 0.5) is 4.79 Å². The van der Waals surface area contributed by atoms with Gasteiger partial charge < -0.3 is 9.64 Å². The highest BCUT2D eigenvalue weighted by Crippen LogP contribution is 2.28. The molecular weight excluding hydrogens is 300 g/mol. The molecule has 1 fully saturated rings. The minimum atomic E-state index is -0.239. The number of carbonyl (C=O) groups is 1. The molecule has 1 saturated heterocycles. The molecule has 1 aliphatic rings. The number of ether oxygens (including phenoxy) is 1. The van der Waals surface area contributed by atoms with Gasteiger partial charge in [0.25, 0.3) is 0 Å². The summed E-state index contributed by atoms with van der Waals surface area (Å²) in [5.41, 5.74) is 2.92. The van der Waals surface area contributed by atoms with Crippen LogP contribution in [0.5, 0.6) is 0 Å². The molecule has 1 heterocycles. The van der Waals surface area contributed by atoms with E-state index in [1.165, 1.54) is 5.56 Å². The average molecular weight is 320 g/mol. The molecule has 4 nitrogen and oxygen atoms in total. The third-order valence-corrected chi connectivity index (χ3v) is 4.47. The van der Waals surface area contributed by atoms with E-state index in [0.29, 0.717) is 31.2 Å². The Morgan fingerprint density at radius 2 is 1.75 bits per heavy atom. The molecule has 122 valence electrons. The van der Waals surface area contributed by atoms with Crippen molar-refractivity contribution in [2.75, 3.05) is 13.1 Å². The molecule has 2 aromatic rings. The van der Waals surface area contributed by atoms with Gasteiger partial charge in [0.1, 0.15) is 6.61 Å². The van der Waals surface area contributed by atoms with Gasteiger partial charge in [0.05, 0.1) is 11.6 Å². The summed E-state index contributed by atoms with van der Waals surface area (Å²) in [6.07, 6.45) is 1.61. The maximum absolute atomic E-state index is 12.2. The van der Waals surface area contributed by atoms with Gasteiger partial charge in [-0.05, 0) is 42.0 Å². The molecule has 24 heavy (non-hydrogen) atoms. The normalized spacial score (nSPS) is 14.9. The first-order valence-corrected chi connectivity index (χ1v) is 8.22. The van der Waals surface area contributed by atoms with Crippen molar-refractivity contribution in [3.8, 4) is 6.07 Å². The number of piperidine rings is 1. The fraction of sp³-hybridized carbons (Fsp3) is 0.300. The zero-order valence-corrected chi connectivity index (χ0v) is 13.5.